The Balaban J connectivity index is 1.92. The summed E-state index contributed by atoms with van der Waals surface area (Å²) in [6.07, 6.45) is 3.09. The van der Waals surface area contributed by atoms with Gasteiger partial charge in [-0.3, -0.25) is 0 Å². The summed E-state index contributed by atoms with van der Waals surface area (Å²) in [5, 5.41) is 2.87. The van der Waals surface area contributed by atoms with E-state index >= 15 is 0 Å². The van der Waals surface area contributed by atoms with Gasteiger partial charge in [-0.05, 0) is 29.8 Å². The van der Waals surface area contributed by atoms with Crippen molar-refractivity contribution in [1.82, 2.24) is 9.97 Å². The molecule has 3 heterocycles. The molecule has 4 rings (SSSR count). The van der Waals surface area contributed by atoms with Crippen LogP contribution in [0.2, 0.25) is 0 Å². The fraction of sp³-hybridized carbons (Fsp3) is 0.0588. The third kappa shape index (κ3) is 2.42. The smallest absolute Gasteiger partial charge is 0.127 e. The highest BCUT2D eigenvalue weighted by atomic mass is 32.1. The highest BCUT2D eigenvalue weighted by molar-refractivity contribution is 7.17. The summed E-state index contributed by atoms with van der Waals surface area (Å²) in [5.41, 5.74) is 8.87. The SMILES string of the molecule is NC(c1ccco1)c1ncnc2scc(-c3ccc(F)cc3)c12. The fourth-order valence-electron chi connectivity index (χ4n) is 2.58. The van der Waals surface area contributed by atoms with Crippen LogP contribution in [0.15, 0.2) is 58.8 Å². The highest BCUT2D eigenvalue weighted by Crippen LogP contribution is 2.37. The largest absolute Gasteiger partial charge is 0.467 e. The second kappa shape index (κ2) is 5.57. The van der Waals surface area contributed by atoms with Gasteiger partial charge in [0.05, 0.1) is 12.0 Å². The van der Waals surface area contributed by atoms with Crippen LogP contribution in [-0.4, -0.2) is 9.97 Å². The Morgan fingerprint density at radius 1 is 1.13 bits per heavy atom. The third-order valence-electron chi connectivity index (χ3n) is 3.70. The van der Waals surface area contributed by atoms with E-state index in [1.807, 2.05) is 11.4 Å². The van der Waals surface area contributed by atoms with Gasteiger partial charge in [-0.25, -0.2) is 14.4 Å². The Morgan fingerprint density at radius 3 is 2.70 bits per heavy atom. The average molecular weight is 325 g/mol. The van der Waals surface area contributed by atoms with Crippen LogP contribution in [0.1, 0.15) is 17.5 Å². The lowest BCUT2D eigenvalue weighted by Gasteiger charge is -2.11. The van der Waals surface area contributed by atoms with Crippen LogP contribution < -0.4 is 5.73 Å². The van der Waals surface area contributed by atoms with Crippen molar-refractivity contribution in [1.29, 1.82) is 0 Å². The van der Waals surface area contributed by atoms with Crippen LogP contribution >= 0.6 is 11.3 Å². The molecule has 114 valence electrons. The summed E-state index contributed by atoms with van der Waals surface area (Å²) in [6, 6.07) is 9.50. The lowest BCUT2D eigenvalue weighted by atomic mass is 10.0. The first-order chi connectivity index (χ1) is 11.2. The maximum atomic E-state index is 13.2. The summed E-state index contributed by atoms with van der Waals surface area (Å²) in [6.45, 7) is 0. The van der Waals surface area contributed by atoms with Crippen LogP contribution in [0.3, 0.4) is 0 Å². The lowest BCUT2D eigenvalue weighted by molar-refractivity contribution is 0.487. The van der Waals surface area contributed by atoms with Gasteiger partial charge < -0.3 is 10.2 Å². The molecular formula is C17H12FN3OS. The second-order valence-corrected chi connectivity index (χ2v) is 5.95. The van der Waals surface area contributed by atoms with Crippen LogP contribution in [0.25, 0.3) is 21.3 Å². The standard InChI is InChI=1S/C17H12FN3OS/c18-11-5-3-10(4-6-11)12-8-23-17-14(12)16(20-9-21-17)15(19)13-2-1-7-22-13/h1-9,15H,19H2. The minimum absolute atomic E-state index is 0.267. The molecule has 0 amide bonds. The molecule has 4 nitrogen and oxygen atoms in total. The van der Waals surface area contributed by atoms with Crippen molar-refractivity contribution < 1.29 is 8.81 Å². The first-order valence-corrected chi connectivity index (χ1v) is 7.89. The molecule has 1 aromatic carbocycles. The molecule has 23 heavy (non-hydrogen) atoms. The third-order valence-corrected chi connectivity index (χ3v) is 4.59. The minimum atomic E-state index is -0.482. The van der Waals surface area contributed by atoms with E-state index in [-0.39, 0.29) is 5.82 Å². The van der Waals surface area contributed by atoms with Crippen LogP contribution in [0.4, 0.5) is 4.39 Å². The summed E-state index contributed by atoms with van der Waals surface area (Å²) < 4.78 is 18.6. The Labute approximate surface area is 135 Å². The molecule has 4 aromatic rings. The number of rotatable bonds is 3. The number of benzene rings is 1. The minimum Gasteiger partial charge on any atom is -0.467 e. The van der Waals surface area contributed by atoms with Crippen molar-refractivity contribution >= 4 is 21.6 Å². The highest BCUT2D eigenvalue weighted by Gasteiger charge is 2.20. The van der Waals surface area contributed by atoms with Gasteiger partial charge in [-0.2, -0.15) is 0 Å². The van der Waals surface area contributed by atoms with E-state index in [2.05, 4.69) is 9.97 Å². The number of nitrogens with zero attached hydrogens (tertiary/aromatic N) is 2. The zero-order valence-electron chi connectivity index (χ0n) is 11.9. The number of halogens is 1. The summed E-state index contributed by atoms with van der Waals surface area (Å²) in [4.78, 5) is 9.54. The molecule has 0 aliphatic rings. The fourth-order valence-corrected chi connectivity index (χ4v) is 3.50. The number of furan rings is 1. The molecule has 0 saturated heterocycles. The van der Waals surface area contributed by atoms with Gasteiger partial charge in [-0.1, -0.05) is 12.1 Å². The molecule has 1 unspecified atom stereocenters. The Bertz CT molecular complexity index is 948. The van der Waals surface area contributed by atoms with Crippen LogP contribution in [0, 0.1) is 5.82 Å². The van der Waals surface area contributed by atoms with Crippen molar-refractivity contribution in [3.8, 4) is 11.1 Å². The molecule has 0 aliphatic heterocycles. The molecule has 3 aromatic heterocycles. The van der Waals surface area contributed by atoms with Gasteiger partial charge in [0.15, 0.2) is 0 Å². The van der Waals surface area contributed by atoms with E-state index in [0.29, 0.717) is 11.5 Å². The first kappa shape index (κ1) is 14.0. The maximum Gasteiger partial charge on any atom is 0.127 e. The lowest BCUT2D eigenvalue weighted by Crippen LogP contribution is -2.13. The molecule has 1 atom stereocenters. The monoisotopic (exact) mass is 325 g/mol. The van der Waals surface area contributed by atoms with Crippen molar-refractivity contribution in [3.63, 3.8) is 0 Å². The molecule has 0 fully saturated rings. The van der Waals surface area contributed by atoms with E-state index in [1.165, 1.54) is 29.8 Å². The molecule has 0 radical (unpaired) electrons. The Hall–Kier alpha value is -2.57. The number of hydrogen-bond donors (Lipinski definition) is 1. The molecule has 6 heteroatoms. The first-order valence-electron chi connectivity index (χ1n) is 7.01. The van der Waals surface area contributed by atoms with E-state index in [9.17, 15) is 4.39 Å². The molecule has 0 aliphatic carbocycles. The average Bonchev–Trinajstić information content (AvgIpc) is 3.24. The van der Waals surface area contributed by atoms with E-state index in [1.54, 1.807) is 24.5 Å². The molecule has 2 N–H and O–H groups in total. The number of hydrogen-bond acceptors (Lipinski definition) is 5. The summed E-state index contributed by atoms with van der Waals surface area (Å²) in [5.74, 6) is 0.373. The van der Waals surface area contributed by atoms with Gasteiger partial charge in [0.1, 0.15) is 28.8 Å². The molecule has 0 bridgehead atoms. The van der Waals surface area contributed by atoms with Gasteiger partial charge in [0.25, 0.3) is 0 Å². The van der Waals surface area contributed by atoms with Gasteiger partial charge in [0, 0.05) is 16.3 Å². The van der Waals surface area contributed by atoms with Gasteiger partial charge in [-0.15, -0.1) is 11.3 Å². The zero-order chi connectivity index (χ0) is 15.8. The molecule has 0 spiro atoms. The normalized spacial score (nSPS) is 12.6. The Morgan fingerprint density at radius 2 is 1.96 bits per heavy atom. The van der Waals surface area contributed by atoms with Crippen LogP contribution in [-0.2, 0) is 0 Å². The molecular weight excluding hydrogens is 313 g/mol. The van der Waals surface area contributed by atoms with Crippen LogP contribution in [0.5, 0.6) is 0 Å². The Kier molecular flexibility index (Phi) is 3.40. The van der Waals surface area contributed by atoms with E-state index in [4.69, 9.17) is 10.2 Å². The second-order valence-electron chi connectivity index (χ2n) is 5.09. The van der Waals surface area contributed by atoms with Crippen molar-refractivity contribution in [3.05, 3.63) is 71.6 Å². The van der Waals surface area contributed by atoms with E-state index in [0.717, 1.165) is 21.3 Å². The summed E-state index contributed by atoms with van der Waals surface area (Å²) >= 11 is 1.51. The predicted octanol–water partition coefficient (Wildman–Crippen LogP) is 4.14. The number of thiophene rings is 1. The van der Waals surface area contributed by atoms with Crippen molar-refractivity contribution in [2.45, 2.75) is 6.04 Å². The maximum absolute atomic E-state index is 13.2. The predicted molar refractivity (Wildman–Crippen MR) is 87.5 cm³/mol. The van der Waals surface area contributed by atoms with Gasteiger partial charge >= 0.3 is 0 Å². The number of aromatic nitrogens is 2. The van der Waals surface area contributed by atoms with E-state index < -0.39 is 6.04 Å². The molecule has 0 saturated carbocycles. The number of nitrogens with two attached hydrogens (primary N) is 1. The van der Waals surface area contributed by atoms with Gasteiger partial charge in [0.2, 0.25) is 0 Å². The quantitative estimate of drug-likeness (QED) is 0.615. The van der Waals surface area contributed by atoms with Crippen molar-refractivity contribution in [2.75, 3.05) is 0 Å². The van der Waals surface area contributed by atoms with Crippen molar-refractivity contribution in [2.24, 2.45) is 5.73 Å². The summed E-state index contributed by atoms with van der Waals surface area (Å²) in [7, 11) is 0. The number of fused-ring (bicyclic) bond motifs is 1. The zero-order valence-corrected chi connectivity index (χ0v) is 12.8. The topological polar surface area (TPSA) is 64.9 Å².